The lowest BCUT2D eigenvalue weighted by atomic mass is 9.55. The van der Waals surface area contributed by atoms with E-state index in [0.717, 1.165) is 16.6 Å². The highest BCUT2D eigenvalue weighted by Crippen LogP contribution is 2.53. The summed E-state index contributed by atoms with van der Waals surface area (Å²) in [4.78, 5) is 0. The second-order valence-electron chi connectivity index (χ2n) is 6.05. The first-order valence-electron chi connectivity index (χ1n) is 7.45. The van der Waals surface area contributed by atoms with Gasteiger partial charge < -0.3 is 10.1 Å². The molecule has 0 aliphatic heterocycles. The Hall–Kier alpha value is -0.250. The summed E-state index contributed by atoms with van der Waals surface area (Å²) in [5.74, 6) is 0.819. The quantitative estimate of drug-likeness (QED) is 0.838. The molecule has 0 radical (unpaired) electrons. The van der Waals surface area contributed by atoms with Crippen LogP contribution in [0.25, 0.3) is 0 Å². The smallest absolute Gasteiger partial charge is 0.138 e. The van der Waals surface area contributed by atoms with Gasteiger partial charge >= 0.3 is 0 Å². The van der Waals surface area contributed by atoms with Gasteiger partial charge in [-0.1, -0.05) is 46.8 Å². The van der Waals surface area contributed by atoms with Crippen molar-refractivity contribution in [2.75, 3.05) is 7.05 Å². The fourth-order valence-corrected chi connectivity index (χ4v) is 4.64. The Bertz CT molecular complexity index is 487. The standard InChI is InChI=1S/C16H21BrClNO/c1-19-14-10-15(16(14)7-3-2-4-8-16)20-13-6-5-11(17)9-12(13)18/h5-6,9,14-15,19H,2-4,7-8,10H2,1H3. The number of hydrogen-bond acceptors (Lipinski definition) is 2. The predicted molar refractivity (Wildman–Crippen MR) is 86.6 cm³/mol. The molecule has 1 N–H and O–H groups in total. The average Bonchev–Trinajstić information content (AvgIpc) is 2.45. The maximum absolute atomic E-state index is 6.28. The van der Waals surface area contributed by atoms with Crippen LogP contribution in [0.4, 0.5) is 0 Å². The molecule has 4 heteroatoms. The number of ether oxygens (including phenoxy) is 1. The molecule has 1 spiro atoms. The first-order chi connectivity index (χ1) is 9.65. The van der Waals surface area contributed by atoms with Gasteiger partial charge in [-0.3, -0.25) is 0 Å². The third-order valence-electron chi connectivity index (χ3n) is 5.08. The van der Waals surface area contributed by atoms with Crippen LogP contribution in [0.2, 0.25) is 5.02 Å². The van der Waals surface area contributed by atoms with Crippen LogP contribution in [0, 0.1) is 5.41 Å². The van der Waals surface area contributed by atoms with Crippen molar-refractivity contribution < 1.29 is 4.74 Å². The molecule has 1 aromatic rings. The van der Waals surface area contributed by atoms with E-state index < -0.39 is 0 Å². The molecule has 0 bridgehead atoms. The van der Waals surface area contributed by atoms with E-state index in [1.807, 2.05) is 18.2 Å². The second kappa shape index (κ2) is 5.86. The number of rotatable bonds is 3. The molecule has 20 heavy (non-hydrogen) atoms. The average molecular weight is 359 g/mol. The predicted octanol–water partition coefficient (Wildman–Crippen LogP) is 4.79. The van der Waals surface area contributed by atoms with E-state index in [0.29, 0.717) is 22.6 Å². The maximum atomic E-state index is 6.28. The minimum Gasteiger partial charge on any atom is -0.488 e. The third kappa shape index (κ3) is 2.49. The molecule has 2 unspecified atom stereocenters. The van der Waals surface area contributed by atoms with Gasteiger partial charge in [0.15, 0.2) is 0 Å². The molecule has 3 rings (SSSR count). The molecule has 2 nitrogen and oxygen atoms in total. The summed E-state index contributed by atoms with van der Waals surface area (Å²) in [6.07, 6.45) is 7.96. The number of nitrogens with one attached hydrogen (secondary N) is 1. The minimum absolute atomic E-state index is 0.305. The van der Waals surface area contributed by atoms with Crippen LogP contribution in [0.1, 0.15) is 38.5 Å². The first-order valence-corrected chi connectivity index (χ1v) is 8.62. The van der Waals surface area contributed by atoms with Crippen molar-refractivity contribution in [3.8, 4) is 5.75 Å². The van der Waals surface area contributed by atoms with Crippen molar-refractivity contribution in [1.82, 2.24) is 5.32 Å². The zero-order valence-corrected chi connectivity index (χ0v) is 14.1. The van der Waals surface area contributed by atoms with E-state index in [-0.39, 0.29) is 0 Å². The summed E-state index contributed by atoms with van der Waals surface area (Å²) < 4.78 is 7.26. The zero-order chi connectivity index (χ0) is 14.2. The van der Waals surface area contributed by atoms with Crippen molar-refractivity contribution in [1.29, 1.82) is 0 Å². The molecule has 1 aromatic carbocycles. The lowest BCUT2D eigenvalue weighted by Crippen LogP contribution is -2.64. The van der Waals surface area contributed by atoms with Crippen LogP contribution < -0.4 is 10.1 Å². The van der Waals surface area contributed by atoms with Crippen molar-refractivity contribution >= 4 is 27.5 Å². The first kappa shape index (κ1) is 14.7. The molecule has 0 aromatic heterocycles. The molecule has 0 amide bonds. The summed E-state index contributed by atoms with van der Waals surface area (Å²) in [5, 5.41) is 4.17. The Morgan fingerprint density at radius 1 is 1.30 bits per heavy atom. The summed E-state index contributed by atoms with van der Waals surface area (Å²) in [7, 11) is 2.07. The molecular formula is C16H21BrClNO. The molecule has 2 aliphatic rings. The van der Waals surface area contributed by atoms with E-state index in [1.165, 1.54) is 32.1 Å². The van der Waals surface area contributed by atoms with Gasteiger partial charge in [-0.15, -0.1) is 0 Å². The molecule has 2 atom stereocenters. The van der Waals surface area contributed by atoms with E-state index in [4.69, 9.17) is 16.3 Å². The van der Waals surface area contributed by atoms with Gasteiger partial charge in [0.2, 0.25) is 0 Å². The highest BCUT2D eigenvalue weighted by atomic mass is 79.9. The Morgan fingerprint density at radius 2 is 2.05 bits per heavy atom. The minimum atomic E-state index is 0.305. The Labute approximate surface area is 134 Å². The van der Waals surface area contributed by atoms with Gasteiger partial charge in [0.25, 0.3) is 0 Å². The maximum Gasteiger partial charge on any atom is 0.138 e. The molecule has 110 valence electrons. The van der Waals surface area contributed by atoms with Crippen LogP contribution in [0.15, 0.2) is 22.7 Å². The topological polar surface area (TPSA) is 21.3 Å². The van der Waals surface area contributed by atoms with Gasteiger partial charge in [-0.05, 0) is 38.1 Å². The van der Waals surface area contributed by atoms with Crippen LogP contribution in [0.3, 0.4) is 0 Å². The molecular weight excluding hydrogens is 338 g/mol. The fourth-order valence-electron chi connectivity index (χ4n) is 3.92. The van der Waals surface area contributed by atoms with Gasteiger partial charge in [-0.25, -0.2) is 0 Å². The van der Waals surface area contributed by atoms with Gasteiger partial charge in [-0.2, -0.15) is 0 Å². The number of hydrogen-bond donors (Lipinski definition) is 1. The lowest BCUT2D eigenvalue weighted by Gasteiger charge is -2.57. The van der Waals surface area contributed by atoms with Crippen LogP contribution >= 0.6 is 27.5 Å². The van der Waals surface area contributed by atoms with Crippen LogP contribution in [0.5, 0.6) is 5.75 Å². The molecule has 0 heterocycles. The van der Waals surface area contributed by atoms with E-state index >= 15 is 0 Å². The lowest BCUT2D eigenvalue weighted by molar-refractivity contribution is -0.100. The fraction of sp³-hybridized carbons (Fsp3) is 0.625. The summed E-state index contributed by atoms with van der Waals surface area (Å²) in [6, 6.07) is 6.46. The third-order valence-corrected chi connectivity index (χ3v) is 5.87. The molecule has 0 saturated heterocycles. The van der Waals surface area contributed by atoms with Gasteiger partial charge in [0.05, 0.1) is 5.02 Å². The Kier molecular flexibility index (Phi) is 4.30. The highest BCUT2D eigenvalue weighted by Gasteiger charge is 2.56. The SMILES string of the molecule is CNC1CC(Oc2ccc(Br)cc2Cl)C12CCCCC2. The molecule has 2 aliphatic carbocycles. The normalized spacial score (nSPS) is 28.1. The van der Waals surface area contributed by atoms with E-state index in [2.05, 4.69) is 28.3 Å². The Morgan fingerprint density at radius 3 is 2.70 bits per heavy atom. The largest absolute Gasteiger partial charge is 0.488 e. The highest BCUT2D eigenvalue weighted by molar-refractivity contribution is 9.10. The van der Waals surface area contributed by atoms with Gasteiger partial charge in [0, 0.05) is 22.4 Å². The number of benzene rings is 1. The van der Waals surface area contributed by atoms with Crippen molar-refractivity contribution in [2.45, 2.75) is 50.7 Å². The van der Waals surface area contributed by atoms with Crippen molar-refractivity contribution in [3.63, 3.8) is 0 Å². The van der Waals surface area contributed by atoms with Crippen molar-refractivity contribution in [3.05, 3.63) is 27.7 Å². The number of halogens is 2. The Balaban J connectivity index is 1.77. The van der Waals surface area contributed by atoms with E-state index in [1.54, 1.807) is 0 Å². The summed E-state index contributed by atoms with van der Waals surface area (Å²) in [6.45, 7) is 0. The van der Waals surface area contributed by atoms with E-state index in [9.17, 15) is 0 Å². The molecule has 2 saturated carbocycles. The molecule has 2 fully saturated rings. The van der Waals surface area contributed by atoms with Crippen molar-refractivity contribution in [2.24, 2.45) is 5.41 Å². The second-order valence-corrected chi connectivity index (χ2v) is 7.37. The zero-order valence-electron chi connectivity index (χ0n) is 11.8. The van der Waals surface area contributed by atoms with Gasteiger partial charge in [0.1, 0.15) is 11.9 Å². The van der Waals surface area contributed by atoms with Crippen LogP contribution in [-0.4, -0.2) is 19.2 Å². The monoisotopic (exact) mass is 357 g/mol. The summed E-state index contributed by atoms with van der Waals surface area (Å²) in [5.41, 5.74) is 0.323. The van der Waals surface area contributed by atoms with Crippen LogP contribution in [-0.2, 0) is 0 Å². The summed E-state index contributed by atoms with van der Waals surface area (Å²) >= 11 is 9.72.